The van der Waals surface area contributed by atoms with E-state index in [4.69, 9.17) is 32.5 Å². The number of hydrogen-bond acceptors (Lipinski definition) is 21. The third kappa shape index (κ3) is 21.3. The van der Waals surface area contributed by atoms with Crippen LogP contribution in [0.3, 0.4) is 0 Å². The number of aromatic nitrogens is 11. The predicted molar refractivity (Wildman–Crippen MR) is 496 cm³/mol. The summed E-state index contributed by atoms with van der Waals surface area (Å²) in [5, 5.41) is 23.6. The lowest BCUT2D eigenvalue weighted by atomic mass is 9.82. The average Bonchev–Trinajstić information content (AvgIpc) is 1.51. The van der Waals surface area contributed by atoms with Crippen LogP contribution in [0.25, 0.3) is 11.0 Å². The number of aryl methyl sites for hydroxylation is 2. The van der Waals surface area contributed by atoms with Crippen LogP contribution in [0.15, 0.2) is 177 Å². The van der Waals surface area contributed by atoms with E-state index >= 15 is 0 Å². The second-order valence-corrected chi connectivity index (χ2v) is 39.5. The van der Waals surface area contributed by atoms with Gasteiger partial charge in [0, 0.05) is 194 Å². The Labute approximate surface area is 751 Å². The molecule has 0 amide bonds. The van der Waals surface area contributed by atoms with Gasteiger partial charge >= 0.3 is 0 Å². The van der Waals surface area contributed by atoms with Gasteiger partial charge in [-0.1, -0.05) is 65.1 Å². The summed E-state index contributed by atoms with van der Waals surface area (Å²) in [6.45, 7) is 24.1. The van der Waals surface area contributed by atoms with Crippen LogP contribution in [0.2, 0.25) is 10.3 Å². The van der Waals surface area contributed by atoms with Gasteiger partial charge in [0.15, 0.2) is 11.6 Å². The molecule has 15 aliphatic rings. The van der Waals surface area contributed by atoms with Crippen molar-refractivity contribution in [3.8, 4) is 5.75 Å². The first-order valence-electron chi connectivity index (χ1n) is 47.1. The Morgan fingerprint density at radius 1 is 0.468 bits per heavy atom. The van der Waals surface area contributed by atoms with E-state index in [0.29, 0.717) is 82.4 Å². The fourth-order valence-electron chi connectivity index (χ4n) is 23.6. The van der Waals surface area contributed by atoms with Crippen LogP contribution in [0, 0.1) is 55.3 Å². The molecule has 10 aromatic rings. The lowest BCUT2D eigenvalue weighted by Gasteiger charge is -2.45. The van der Waals surface area contributed by atoms with Gasteiger partial charge in [0.05, 0.1) is 34.7 Å². The topological polar surface area (TPSA) is 244 Å². The monoisotopic (exact) mass is 1740 g/mol. The smallest absolute Gasteiger partial charge is 0.250 e. The largest absolute Gasteiger partial charge is 0.490 e. The Balaban J connectivity index is 0.0000001000. The van der Waals surface area contributed by atoms with Crippen molar-refractivity contribution in [3.05, 3.63) is 256 Å². The van der Waals surface area contributed by atoms with Gasteiger partial charge in [0.25, 0.3) is 16.7 Å². The molecular weight excluding hydrogens is 1620 g/mol. The summed E-state index contributed by atoms with van der Waals surface area (Å²) >= 11 is 11.4. The van der Waals surface area contributed by atoms with Crippen molar-refractivity contribution in [1.82, 2.24) is 89.5 Å². The molecule has 666 valence electrons. The molecule has 12 bridgehead atoms. The first-order valence-corrected chi connectivity index (χ1v) is 47.9. The van der Waals surface area contributed by atoms with Crippen molar-refractivity contribution in [1.29, 1.82) is 0 Å². The molecule has 9 aromatic heterocycles. The summed E-state index contributed by atoms with van der Waals surface area (Å²) in [6, 6.07) is 41.2. The van der Waals surface area contributed by atoms with Gasteiger partial charge in [-0.05, 0) is 299 Å². The zero-order valence-corrected chi connectivity index (χ0v) is 75.5. The minimum absolute atomic E-state index is 0.162. The molecule has 0 radical (unpaired) electrons. The molecule has 16 atom stereocenters. The van der Waals surface area contributed by atoms with Crippen molar-refractivity contribution >= 4 is 40.1 Å². The fourth-order valence-corrected chi connectivity index (χ4v) is 23.8. The van der Waals surface area contributed by atoms with Gasteiger partial charge in [-0.2, -0.15) is 5.10 Å². The number of likely N-dealkylation sites (tertiary alicyclic amines) is 4. The Hall–Kier alpha value is -8.95. The molecule has 1 aromatic carbocycles. The molecule has 0 spiro atoms. The van der Waals surface area contributed by atoms with E-state index in [-0.39, 0.29) is 16.7 Å². The molecule has 24 nitrogen and oxygen atoms in total. The van der Waals surface area contributed by atoms with Crippen LogP contribution in [0.1, 0.15) is 207 Å². The highest BCUT2D eigenvalue weighted by Gasteiger charge is 2.42. The Morgan fingerprint density at radius 3 is 1.58 bits per heavy atom. The van der Waals surface area contributed by atoms with Crippen LogP contribution >= 0.6 is 23.2 Å². The van der Waals surface area contributed by atoms with Crippen molar-refractivity contribution in [2.24, 2.45) is 41.4 Å². The molecule has 11 unspecified atom stereocenters. The summed E-state index contributed by atoms with van der Waals surface area (Å²) in [5.74, 6) is 12.2. The molecule has 3 saturated carbocycles. The van der Waals surface area contributed by atoms with Gasteiger partial charge < -0.3 is 53.6 Å². The van der Waals surface area contributed by atoms with Crippen molar-refractivity contribution in [2.75, 3.05) is 124 Å². The lowest BCUT2D eigenvalue weighted by molar-refractivity contribution is 0.0793. The third-order valence-corrected chi connectivity index (χ3v) is 30.4. The second-order valence-electron chi connectivity index (χ2n) is 38.8. The normalized spacial score (nSPS) is 28.3. The zero-order valence-electron chi connectivity index (χ0n) is 74.0. The Kier molecular flexibility index (Phi) is 28.4. The van der Waals surface area contributed by atoms with Gasteiger partial charge in [0.2, 0.25) is 0 Å². The van der Waals surface area contributed by atoms with Gasteiger partial charge in [0.1, 0.15) is 22.7 Å². The molecule has 126 heavy (non-hydrogen) atoms. The second kappa shape index (κ2) is 40.8. The number of pyridine rings is 6. The number of halogens is 2. The van der Waals surface area contributed by atoms with E-state index < -0.39 is 0 Å². The van der Waals surface area contributed by atoms with E-state index in [1.807, 2.05) is 88.6 Å². The summed E-state index contributed by atoms with van der Waals surface area (Å²) in [7, 11) is 4.32. The molecule has 11 aliphatic heterocycles. The summed E-state index contributed by atoms with van der Waals surface area (Å²) in [4.78, 5) is 69.5. The Bertz CT molecular complexity index is 5300. The molecule has 25 rings (SSSR count). The van der Waals surface area contributed by atoms with E-state index in [2.05, 4.69) is 149 Å². The lowest BCUT2D eigenvalue weighted by Crippen LogP contribution is -2.51. The maximum atomic E-state index is 12.2. The average molecular weight is 1750 g/mol. The number of benzene rings is 1. The van der Waals surface area contributed by atoms with E-state index in [9.17, 15) is 14.4 Å². The number of nitrogens with zero attached hydrogens (tertiary/aromatic N) is 16. The third-order valence-electron chi connectivity index (χ3n) is 29.9. The highest BCUT2D eigenvalue weighted by Crippen LogP contribution is 2.53. The maximum absolute atomic E-state index is 12.2. The highest BCUT2D eigenvalue weighted by atomic mass is 35.5. The number of anilines is 1. The molecule has 8 saturated heterocycles. The SMILES string of the molecule is CN1CCC[C@H]1c1cccnc1.Cc1cc([C@@H]2CCCN2C)on1.Cc1ccc(N2CC3CCC(C3)C2)nn1.Clc1ccc(C2CC3CCC2C3)cn1.Clc1ccc(OC[C@H]2CCN2)cn1.O=c1cccc2n1CC1CC2CN(CCN2CC3CC(C2)c2cccc(=O)n2C3)C1.O=c1cccc2n1CC1CNCC2C1.c1cnc2cc3c(cc2n1)[C@@H]1CNC[C@H]3C1. The van der Waals surface area contributed by atoms with Crippen molar-refractivity contribution in [2.45, 2.75) is 190 Å². The summed E-state index contributed by atoms with van der Waals surface area (Å²) in [5.41, 5.74) is 14.0. The number of nitrogens with one attached hydrogen (secondary N) is 3. The van der Waals surface area contributed by atoms with Crippen molar-refractivity contribution in [3.63, 3.8) is 0 Å². The predicted octanol–water partition coefficient (Wildman–Crippen LogP) is 14.6. The quantitative estimate of drug-likeness (QED) is 0.108. The molecule has 26 heteroatoms. The molecule has 11 fully saturated rings. The first kappa shape index (κ1) is 87.7. The molecule has 20 heterocycles. The van der Waals surface area contributed by atoms with E-state index in [0.717, 1.165) is 161 Å². The van der Waals surface area contributed by atoms with Crippen LogP contribution < -0.4 is 42.3 Å². The zero-order chi connectivity index (χ0) is 86.2. The van der Waals surface area contributed by atoms with E-state index in [1.165, 1.54) is 168 Å². The van der Waals surface area contributed by atoms with Gasteiger partial charge in [-0.25, -0.2) is 9.97 Å². The maximum Gasteiger partial charge on any atom is 0.250 e. The Morgan fingerprint density at radius 2 is 1.06 bits per heavy atom. The molecule has 3 N–H and O–H groups in total. The first-order chi connectivity index (χ1) is 61.5. The van der Waals surface area contributed by atoms with Crippen LogP contribution in [0.4, 0.5) is 5.82 Å². The van der Waals surface area contributed by atoms with Gasteiger partial charge in [-0.3, -0.25) is 39.1 Å². The van der Waals surface area contributed by atoms with Crippen LogP contribution in [-0.2, 0) is 19.6 Å². The van der Waals surface area contributed by atoms with Crippen molar-refractivity contribution < 1.29 is 9.26 Å². The van der Waals surface area contributed by atoms with Crippen LogP contribution in [0.5, 0.6) is 5.75 Å². The highest BCUT2D eigenvalue weighted by molar-refractivity contribution is 6.29. The van der Waals surface area contributed by atoms with Gasteiger partial charge in [-0.15, -0.1) is 5.10 Å². The van der Waals surface area contributed by atoms with Crippen LogP contribution in [-0.4, -0.2) is 198 Å². The fraction of sp³-hybridized carbons (Fsp3) is 0.550. The summed E-state index contributed by atoms with van der Waals surface area (Å²) < 4.78 is 16.7. The standard InChI is InChI=1S/C24H30N4O2.C13H13N3.C12H14ClN.C12H17N3.C11H14N2O.C10H14N2.C9H11ClN2O.C9H14N2O/c29-23-5-1-3-21-19-9-17(13-27(21)23)11-25(15-19)7-8-26-12-18-10-20(16-26)22-4-2-6-24(30)28(22)14-18;1-2-16-13-5-11-9-3-8(6-14-7-9)10(11)4-12(13)15-1;13-12-4-3-10(7-14-12)11-6-8-1-2-9(11)5-8;1-9-2-5-12(14-13-9)15-7-10-3-4-11(6-10)8-15;14-11-3-1-2-10-9-4-8(5-12-6-9)7-13(10)11;1-12-7-3-5-10(12)9-4-2-6-11-8-9;10-9-2-1-8(5-12-9)13-6-7-3-4-11-7;1-7-6-9(12-10-7)8-4-3-5-11(8)2/h1-6,17-20H,7-16H2;1-2,4-5,8-9,14H,3,6-7H2;3-4,7-9,11H,1-2,5-6H2;2,5,10-11H,3-4,6-8H2,1H3;1-3,8-9,12H,4-7H2;2,4,6,8,10H,3,5,7H2,1H3;1-2,5,7,11H,3-4,6H2;6,8H,3-5H2,1-2H3/t;8-,9+;;;;10-;7-;8-/m.....010/s1. The number of ether oxygens (including phenoxy) is 1. The summed E-state index contributed by atoms with van der Waals surface area (Å²) in [6.07, 6.45) is 32.2. The number of hydrogen-bond donors (Lipinski definition) is 3. The molecule has 4 aliphatic carbocycles. The minimum Gasteiger partial charge on any atom is -0.490 e. The molecular formula is C100H127Cl2N19O5. The van der Waals surface area contributed by atoms with E-state index in [1.54, 1.807) is 42.9 Å². The minimum atomic E-state index is 0.162. The number of piperidine rings is 5. The number of fused-ring (bicyclic) bond motifs is 22. The number of rotatable bonds is 10.